The van der Waals surface area contributed by atoms with E-state index in [0.717, 1.165) is 11.1 Å². The molecule has 0 fully saturated rings. The molecule has 0 aliphatic rings. The van der Waals surface area contributed by atoms with Crippen molar-refractivity contribution in [3.63, 3.8) is 0 Å². The fourth-order valence-electron chi connectivity index (χ4n) is 2.57. The standard InChI is InChI=1S/C17H27NO4S/c1-8-10(2)15(17(19)22-7)18-23(20,21)16-13(5)11(3)9-12(4)14(16)6/h9-10,15,18H,8H2,1-7H3/t10-,15+/m1/s1. The van der Waals surface area contributed by atoms with E-state index in [4.69, 9.17) is 4.74 Å². The summed E-state index contributed by atoms with van der Waals surface area (Å²) >= 11 is 0. The molecule has 0 saturated carbocycles. The number of nitrogens with one attached hydrogen (secondary N) is 1. The summed E-state index contributed by atoms with van der Waals surface area (Å²) in [6, 6.07) is 1.07. The Morgan fingerprint density at radius 2 is 1.65 bits per heavy atom. The van der Waals surface area contributed by atoms with Crippen molar-refractivity contribution in [3.8, 4) is 0 Å². The van der Waals surface area contributed by atoms with Crippen LogP contribution in [0.15, 0.2) is 11.0 Å². The molecule has 6 heteroatoms. The minimum atomic E-state index is -3.83. The lowest BCUT2D eigenvalue weighted by Gasteiger charge is -2.23. The zero-order chi connectivity index (χ0) is 17.9. The van der Waals surface area contributed by atoms with Crippen LogP contribution in [-0.2, 0) is 19.6 Å². The van der Waals surface area contributed by atoms with E-state index in [0.29, 0.717) is 17.5 Å². The number of carbonyl (C=O) groups is 1. The molecule has 130 valence electrons. The minimum Gasteiger partial charge on any atom is -0.468 e. The summed E-state index contributed by atoms with van der Waals surface area (Å²) in [6.45, 7) is 11.1. The first-order valence-corrected chi connectivity index (χ1v) is 9.22. The lowest BCUT2D eigenvalue weighted by Crippen LogP contribution is -2.45. The van der Waals surface area contributed by atoms with Crippen molar-refractivity contribution < 1.29 is 17.9 Å². The number of ether oxygens (including phenoxy) is 1. The second kappa shape index (κ2) is 7.45. The van der Waals surface area contributed by atoms with E-state index in [1.807, 2.05) is 33.8 Å². The summed E-state index contributed by atoms with van der Waals surface area (Å²) in [4.78, 5) is 12.2. The van der Waals surface area contributed by atoms with Crippen molar-refractivity contribution in [1.29, 1.82) is 0 Å². The molecule has 1 rings (SSSR count). The zero-order valence-corrected chi connectivity index (χ0v) is 15.8. The number of esters is 1. The fraction of sp³-hybridized carbons (Fsp3) is 0.588. The van der Waals surface area contributed by atoms with E-state index in [9.17, 15) is 13.2 Å². The summed E-state index contributed by atoms with van der Waals surface area (Å²) < 4.78 is 33.1. The molecule has 0 heterocycles. The summed E-state index contributed by atoms with van der Waals surface area (Å²) in [6.07, 6.45) is 0.660. The second-order valence-electron chi connectivity index (χ2n) is 6.10. The number of carbonyl (C=O) groups excluding carboxylic acids is 1. The van der Waals surface area contributed by atoms with Crippen molar-refractivity contribution in [2.24, 2.45) is 5.92 Å². The van der Waals surface area contributed by atoms with Crippen molar-refractivity contribution in [3.05, 3.63) is 28.3 Å². The van der Waals surface area contributed by atoms with Gasteiger partial charge < -0.3 is 4.74 Å². The Kier molecular flexibility index (Phi) is 6.36. The van der Waals surface area contributed by atoms with Gasteiger partial charge in [-0.25, -0.2) is 8.42 Å². The van der Waals surface area contributed by atoms with Crippen LogP contribution in [0.4, 0.5) is 0 Å². The van der Waals surface area contributed by atoms with Gasteiger partial charge in [-0.1, -0.05) is 26.3 Å². The molecule has 0 saturated heterocycles. The summed E-state index contributed by atoms with van der Waals surface area (Å²) in [5.41, 5.74) is 3.22. The molecule has 1 aromatic carbocycles. The lowest BCUT2D eigenvalue weighted by atomic mass is 10.0. The average Bonchev–Trinajstić information content (AvgIpc) is 2.49. The number of sulfonamides is 1. The van der Waals surface area contributed by atoms with E-state index in [1.54, 1.807) is 13.8 Å². The average molecular weight is 341 g/mol. The van der Waals surface area contributed by atoms with Gasteiger partial charge in [0.15, 0.2) is 0 Å². The maximum Gasteiger partial charge on any atom is 0.324 e. The molecule has 0 amide bonds. The molecule has 0 aliphatic heterocycles. The third-order valence-electron chi connectivity index (χ3n) is 4.52. The number of hydrogen-bond donors (Lipinski definition) is 1. The first kappa shape index (κ1) is 19.6. The van der Waals surface area contributed by atoms with E-state index in [-0.39, 0.29) is 10.8 Å². The number of hydrogen-bond acceptors (Lipinski definition) is 4. The van der Waals surface area contributed by atoms with Crippen LogP contribution in [0.3, 0.4) is 0 Å². The van der Waals surface area contributed by atoms with Crippen LogP contribution in [0.1, 0.15) is 42.5 Å². The Bertz CT molecular complexity index is 669. The van der Waals surface area contributed by atoms with Crippen molar-refractivity contribution in [2.75, 3.05) is 7.11 Å². The predicted octanol–water partition coefficient (Wildman–Crippen LogP) is 2.79. The lowest BCUT2D eigenvalue weighted by molar-refractivity contribution is -0.143. The first-order valence-electron chi connectivity index (χ1n) is 7.74. The van der Waals surface area contributed by atoms with Gasteiger partial charge in [-0.3, -0.25) is 4.79 Å². The molecule has 0 spiro atoms. The Morgan fingerprint density at radius 3 is 2.04 bits per heavy atom. The van der Waals surface area contributed by atoms with Gasteiger partial charge in [0.25, 0.3) is 0 Å². The number of aryl methyl sites for hydroxylation is 2. The SMILES string of the molecule is CC[C@@H](C)[C@H](NS(=O)(=O)c1c(C)c(C)cc(C)c1C)C(=O)OC. The molecule has 1 N–H and O–H groups in total. The van der Waals surface area contributed by atoms with Crippen molar-refractivity contribution in [1.82, 2.24) is 4.72 Å². The Morgan fingerprint density at radius 1 is 1.17 bits per heavy atom. The number of rotatable bonds is 6. The molecular weight excluding hydrogens is 314 g/mol. The van der Waals surface area contributed by atoms with Crippen LogP contribution in [0.2, 0.25) is 0 Å². The van der Waals surface area contributed by atoms with Crippen molar-refractivity contribution in [2.45, 2.75) is 58.9 Å². The van der Waals surface area contributed by atoms with Gasteiger partial charge in [-0.15, -0.1) is 0 Å². The highest BCUT2D eigenvalue weighted by Crippen LogP contribution is 2.26. The fourth-order valence-corrected chi connectivity index (χ4v) is 4.48. The topological polar surface area (TPSA) is 72.5 Å². The second-order valence-corrected chi connectivity index (χ2v) is 7.75. The molecule has 1 aromatic rings. The Labute approximate surface area is 139 Å². The van der Waals surface area contributed by atoms with E-state index in [1.165, 1.54) is 7.11 Å². The molecule has 0 aromatic heterocycles. The largest absolute Gasteiger partial charge is 0.468 e. The van der Waals surface area contributed by atoms with E-state index in [2.05, 4.69) is 4.72 Å². The predicted molar refractivity (Wildman–Crippen MR) is 91.0 cm³/mol. The molecular formula is C17H27NO4S. The first-order chi connectivity index (χ1) is 10.6. The zero-order valence-electron chi connectivity index (χ0n) is 15.0. The molecule has 23 heavy (non-hydrogen) atoms. The maximum atomic E-state index is 12.9. The normalized spacial score (nSPS) is 14.4. The monoisotopic (exact) mass is 341 g/mol. The maximum absolute atomic E-state index is 12.9. The van der Waals surface area contributed by atoms with Gasteiger partial charge >= 0.3 is 5.97 Å². The van der Waals surface area contributed by atoms with Gasteiger partial charge in [0, 0.05) is 0 Å². The van der Waals surface area contributed by atoms with E-state index >= 15 is 0 Å². The highest BCUT2D eigenvalue weighted by atomic mass is 32.2. The van der Waals surface area contributed by atoms with Gasteiger partial charge in [0.05, 0.1) is 12.0 Å². The molecule has 0 unspecified atom stereocenters. The van der Waals surface area contributed by atoms with Crippen LogP contribution in [-0.4, -0.2) is 27.5 Å². The van der Waals surface area contributed by atoms with Crippen LogP contribution >= 0.6 is 0 Å². The minimum absolute atomic E-state index is 0.163. The van der Waals surface area contributed by atoms with E-state index < -0.39 is 22.0 Å². The molecule has 0 radical (unpaired) electrons. The highest BCUT2D eigenvalue weighted by molar-refractivity contribution is 7.89. The van der Waals surface area contributed by atoms with Crippen molar-refractivity contribution >= 4 is 16.0 Å². The quantitative estimate of drug-likeness (QED) is 0.808. The Balaban J connectivity index is 3.40. The number of benzene rings is 1. The van der Waals surface area contributed by atoms with Crippen LogP contribution in [0, 0.1) is 33.6 Å². The van der Waals surface area contributed by atoms with Crippen LogP contribution < -0.4 is 4.72 Å². The third-order valence-corrected chi connectivity index (χ3v) is 6.23. The van der Waals surface area contributed by atoms with Crippen LogP contribution in [0.5, 0.6) is 0 Å². The molecule has 2 atom stereocenters. The summed E-state index contributed by atoms with van der Waals surface area (Å²) in [5.74, 6) is -0.730. The van der Waals surface area contributed by atoms with Gasteiger partial charge in [0.1, 0.15) is 6.04 Å². The Hall–Kier alpha value is -1.40. The third kappa shape index (κ3) is 4.12. The van der Waals surface area contributed by atoms with Crippen LogP contribution in [0.25, 0.3) is 0 Å². The molecule has 5 nitrogen and oxygen atoms in total. The number of methoxy groups -OCH3 is 1. The summed E-state index contributed by atoms with van der Waals surface area (Å²) in [5, 5.41) is 0. The van der Waals surface area contributed by atoms with Gasteiger partial charge in [-0.2, -0.15) is 4.72 Å². The van der Waals surface area contributed by atoms with Gasteiger partial charge in [-0.05, 0) is 55.9 Å². The molecule has 0 bridgehead atoms. The van der Waals surface area contributed by atoms with Gasteiger partial charge in [0.2, 0.25) is 10.0 Å². The summed E-state index contributed by atoms with van der Waals surface area (Å²) in [7, 11) is -2.56. The smallest absolute Gasteiger partial charge is 0.324 e. The highest BCUT2D eigenvalue weighted by Gasteiger charge is 2.32. The molecule has 0 aliphatic carbocycles.